The van der Waals surface area contributed by atoms with E-state index < -0.39 is 0 Å². The Kier molecular flexibility index (Phi) is 5.23. The summed E-state index contributed by atoms with van der Waals surface area (Å²) in [5.41, 5.74) is 0.0186. The van der Waals surface area contributed by atoms with Gasteiger partial charge in [-0.3, -0.25) is 0 Å². The topological polar surface area (TPSA) is 95.2 Å². The molecule has 3 aromatic heterocycles. The van der Waals surface area contributed by atoms with Crippen molar-refractivity contribution in [3.05, 3.63) is 70.4 Å². The molecule has 2 aromatic carbocycles. The first-order chi connectivity index (χ1) is 16.2. The van der Waals surface area contributed by atoms with Crippen molar-refractivity contribution in [1.29, 1.82) is 21.0 Å². The molecule has 0 atom stereocenters. The fourth-order valence-electron chi connectivity index (χ4n) is 3.88. The Balaban J connectivity index is 1.98. The maximum atomic E-state index is 9.69. The summed E-state index contributed by atoms with van der Waals surface area (Å²) >= 11 is 4.81. The van der Waals surface area contributed by atoms with Crippen LogP contribution >= 0.6 is 34.0 Å². The van der Waals surface area contributed by atoms with Crippen molar-refractivity contribution < 1.29 is 0 Å². The van der Waals surface area contributed by atoms with Crippen molar-refractivity contribution in [3.63, 3.8) is 0 Å². The Labute approximate surface area is 200 Å². The molecule has 0 amide bonds. The van der Waals surface area contributed by atoms with Gasteiger partial charge < -0.3 is 0 Å². The molecule has 4 nitrogen and oxygen atoms in total. The zero-order chi connectivity index (χ0) is 22.9. The van der Waals surface area contributed by atoms with Crippen molar-refractivity contribution in [1.82, 2.24) is 0 Å². The van der Waals surface area contributed by atoms with Gasteiger partial charge in [-0.1, -0.05) is 30.3 Å². The van der Waals surface area contributed by atoms with Crippen LogP contribution in [0.25, 0.3) is 51.5 Å². The molecule has 0 saturated heterocycles. The monoisotopic (exact) mass is 474 g/mol. The van der Waals surface area contributed by atoms with Crippen LogP contribution < -0.4 is 10.4 Å². The number of hydrogen-bond donors (Lipinski definition) is 0. The third kappa shape index (κ3) is 3.30. The fourth-order valence-corrected chi connectivity index (χ4v) is 7.04. The molecule has 0 saturated carbocycles. The Morgan fingerprint density at radius 2 is 1.18 bits per heavy atom. The lowest BCUT2D eigenvalue weighted by atomic mass is 9.98. The molecule has 7 heteroatoms. The predicted octanol–water partition coefficient (Wildman–Crippen LogP) is 5.91. The van der Waals surface area contributed by atoms with Crippen molar-refractivity contribution in [2.24, 2.45) is 0 Å². The largest absolute Gasteiger partial charge is 0.192 e. The Bertz CT molecular complexity index is 1730. The molecule has 0 N–H and O–H groups in total. The molecule has 0 aliphatic heterocycles. The average Bonchev–Trinajstić information content (AvgIpc) is 3.61. The zero-order valence-electron chi connectivity index (χ0n) is 16.8. The van der Waals surface area contributed by atoms with Crippen LogP contribution in [0.3, 0.4) is 0 Å². The van der Waals surface area contributed by atoms with E-state index in [0.717, 1.165) is 19.3 Å². The van der Waals surface area contributed by atoms with Gasteiger partial charge in [-0.2, -0.15) is 21.0 Å². The number of fused-ring (bicyclic) bond motifs is 2. The normalized spacial score (nSPS) is 10.3. The van der Waals surface area contributed by atoms with E-state index in [1.165, 1.54) is 16.2 Å². The van der Waals surface area contributed by atoms with E-state index in [9.17, 15) is 21.0 Å². The van der Waals surface area contributed by atoms with Crippen LogP contribution in [-0.4, -0.2) is 0 Å². The molecule has 33 heavy (non-hydrogen) atoms. The van der Waals surface area contributed by atoms with E-state index in [0.29, 0.717) is 26.6 Å². The summed E-state index contributed by atoms with van der Waals surface area (Å²) in [7, 11) is 0. The summed E-state index contributed by atoms with van der Waals surface area (Å²) in [5.74, 6) is 0. The van der Waals surface area contributed by atoms with Crippen LogP contribution in [0.2, 0.25) is 0 Å². The van der Waals surface area contributed by atoms with E-state index in [1.807, 2.05) is 66.1 Å². The van der Waals surface area contributed by atoms with Crippen LogP contribution in [0.15, 0.2) is 60.0 Å². The Hall–Kier alpha value is -4.24. The second-order valence-corrected chi connectivity index (χ2v) is 10.1. The van der Waals surface area contributed by atoms with Crippen LogP contribution in [-0.2, 0) is 0 Å². The molecule has 0 fully saturated rings. The first kappa shape index (κ1) is 20.7. The molecule has 152 valence electrons. The number of hydrogen-bond acceptors (Lipinski definition) is 7. The molecular formula is C26H10N4S3. The maximum absolute atomic E-state index is 9.69. The highest BCUT2D eigenvalue weighted by Crippen LogP contribution is 2.40. The van der Waals surface area contributed by atoms with Gasteiger partial charge in [0.25, 0.3) is 0 Å². The molecule has 0 unspecified atom stereocenters. The number of nitriles is 4. The second-order valence-electron chi connectivity index (χ2n) is 6.99. The minimum absolute atomic E-state index is 0.00743. The number of benzene rings is 2. The Morgan fingerprint density at radius 3 is 1.79 bits per heavy atom. The van der Waals surface area contributed by atoms with Crippen molar-refractivity contribution >= 4 is 66.0 Å². The van der Waals surface area contributed by atoms with Crippen LogP contribution in [0.1, 0.15) is 0 Å². The lowest BCUT2D eigenvalue weighted by molar-refractivity contribution is 1.50. The summed E-state index contributed by atoms with van der Waals surface area (Å²) in [5, 5.41) is 44.0. The Morgan fingerprint density at radius 1 is 0.576 bits per heavy atom. The SMILES string of the molecule is N#CC(C#N)=c1c2ccccc2c(=C(C#N)C#N)c2sc(-c3ccc(-c4cccs4)s3)cc12. The third-order valence-corrected chi connectivity index (χ3v) is 8.75. The molecule has 0 spiro atoms. The van der Waals surface area contributed by atoms with E-state index in [1.54, 1.807) is 22.7 Å². The van der Waals surface area contributed by atoms with E-state index in [2.05, 4.69) is 18.2 Å². The highest BCUT2D eigenvalue weighted by Gasteiger charge is 2.17. The van der Waals surface area contributed by atoms with Gasteiger partial charge in [0.1, 0.15) is 35.4 Å². The number of nitrogens with zero attached hydrogens (tertiary/aromatic N) is 4. The quantitative estimate of drug-likeness (QED) is 0.318. The van der Waals surface area contributed by atoms with Gasteiger partial charge in [0, 0.05) is 40.0 Å². The van der Waals surface area contributed by atoms with Gasteiger partial charge in [-0.05, 0) is 40.4 Å². The minimum Gasteiger partial charge on any atom is -0.192 e. The summed E-state index contributed by atoms with van der Waals surface area (Å²) < 4.78 is 0.728. The van der Waals surface area contributed by atoms with Gasteiger partial charge in [0.15, 0.2) is 0 Å². The maximum Gasteiger partial charge on any atom is 0.138 e. The minimum atomic E-state index is 0.00743. The molecule has 5 aromatic rings. The average molecular weight is 475 g/mol. The summed E-state index contributed by atoms with van der Waals surface area (Å²) in [6.07, 6.45) is 0. The molecular weight excluding hydrogens is 465 g/mol. The van der Waals surface area contributed by atoms with Crippen LogP contribution in [0.5, 0.6) is 0 Å². The van der Waals surface area contributed by atoms with Gasteiger partial charge >= 0.3 is 0 Å². The number of thiophene rings is 3. The van der Waals surface area contributed by atoms with E-state index in [4.69, 9.17) is 0 Å². The first-order valence-corrected chi connectivity index (χ1v) is 12.2. The molecule has 0 aliphatic carbocycles. The molecule has 0 radical (unpaired) electrons. The van der Waals surface area contributed by atoms with Crippen molar-refractivity contribution in [2.45, 2.75) is 0 Å². The second kappa shape index (κ2) is 8.36. The third-order valence-electron chi connectivity index (χ3n) is 5.25. The standard InChI is InChI=1S/C26H10N4S3/c27-11-15(12-28)24-17-4-1-2-5-18(17)25(16(13-29)14-30)26-19(24)10-23(33-26)22-8-7-21(32-22)20-6-3-9-31-20/h1-10H. The molecule has 0 aliphatic rings. The smallest absolute Gasteiger partial charge is 0.138 e. The van der Waals surface area contributed by atoms with Crippen LogP contribution in [0, 0.1) is 45.3 Å². The molecule has 3 heterocycles. The highest BCUT2D eigenvalue weighted by molar-refractivity contribution is 7.28. The lowest BCUT2D eigenvalue weighted by Crippen LogP contribution is -2.16. The van der Waals surface area contributed by atoms with Gasteiger partial charge in [-0.25, -0.2) is 0 Å². The van der Waals surface area contributed by atoms with Gasteiger partial charge in [-0.15, -0.1) is 34.0 Å². The fraction of sp³-hybridized carbons (Fsp3) is 0. The molecule has 5 rings (SSSR count). The number of rotatable bonds is 2. The summed E-state index contributed by atoms with van der Waals surface area (Å²) in [4.78, 5) is 4.35. The van der Waals surface area contributed by atoms with E-state index in [-0.39, 0.29) is 11.1 Å². The van der Waals surface area contributed by atoms with Crippen LogP contribution in [0.4, 0.5) is 0 Å². The van der Waals surface area contributed by atoms with E-state index >= 15 is 0 Å². The predicted molar refractivity (Wildman–Crippen MR) is 134 cm³/mol. The van der Waals surface area contributed by atoms with Crippen molar-refractivity contribution in [2.75, 3.05) is 0 Å². The summed E-state index contributed by atoms with van der Waals surface area (Å²) in [6.45, 7) is 0. The van der Waals surface area contributed by atoms with Gasteiger partial charge in [0.05, 0.1) is 0 Å². The van der Waals surface area contributed by atoms with Gasteiger partial charge in [0.2, 0.25) is 0 Å². The lowest BCUT2D eigenvalue weighted by Gasteiger charge is -2.04. The molecule has 0 bridgehead atoms. The highest BCUT2D eigenvalue weighted by atomic mass is 32.1. The summed E-state index contributed by atoms with van der Waals surface area (Å²) in [6, 6.07) is 25.6. The van der Waals surface area contributed by atoms with Crippen molar-refractivity contribution in [3.8, 4) is 43.8 Å². The first-order valence-electron chi connectivity index (χ1n) is 9.67. The zero-order valence-corrected chi connectivity index (χ0v) is 19.2.